The Balaban J connectivity index is 2.05. The van der Waals surface area contributed by atoms with Crippen LogP contribution in [0.2, 0.25) is 0 Å². The normalized spacial score (nSPS) is 14.9. The lowest BCUT2D eigenvalue weighted by molar-refractivity contribution is 0.745. The highest BCUT2D eigenvalue weighted by atomic mass is 32.1. The van der Waals surface area contributed by atoms with Gasteiger partial charge in [-0.25, -0.2) is 0 Å². The number of hydrogen-bond donors (Lipinski definition) is 0. The Bertz CT molecular complexity index is 491. The van der Waals surface area contributed by atoms with Crippen molar-refractivity contribution in [3.8, 4) is 10.4 Å². The third-order valence-electron chi connectivity index (χ3n) is 3.15. The Morgan fingerprint density at radius 3 is 3.12 bits per heavy atom. The van der Waals surface area contributed by atoms with Crippen molar-refractivity contribution in [1.29, 1.82) is 0 Å². The van der Waals surface area contributed by atoms with Gasteiger partial charge in [-0.2, -0.15) is 0 Å². The van der Waals surface area contributed by atoms with Gasteiger partial charge >= 0.3 is 0 Å². The van der Waals surface area contributed by atoms with Crippen LogP contribution in [0.5, 0.6) is 0 Å². The fourth-order valence-electron chi connectivity index (χ4n) is 2.30. The Morgan fingerprint density at radius 2 is 2.31 bits per heavy atom. The van der Waals surface area contributed by atoms with E-state index in [4.69, 9.17) is 0 Å². The van der Waals surface area contributed by atoms with Crippen molar-refractivity contribution in [2.24, 2.45) is 0 Å². The molecule has 0 radical (unpaired) electrons. The van der Waals surface area contributed by atoms with Crippen molar-refractivity contribution in [2.75, 3.05) is 18.5 Å². The average Bonchev–Trinajstić information content (AvgIpc) is 2.82. The Labute approximate surface area is 99.6 Å². The van der Waals surface area contributed by atoms with Crippen LogP contribution in [-0.2, 0) is 6.42 Å². The molecule has 0 saturated carbocycles. The number of rotatable bonds is 1. The maximum Gasteiger partial charge on any atom is 0.0797 e. The van der Waals surface area contributed by atoms with E-state index in [2.05, 4.69) is 35.1 Å². The van der Waals surface area contributed by atoms with Crippen LogP contribution in [0, 0.1) is 0 Å². The highest BCUT2D eigenvalue weighted by Crippen LogP contribution is 2.31. The highest BCUT2D eigenvalue weighted by Gasteiger charge is 2.14. The standard InChI is InChI=1S/C13H14N2S/c1-15-6-2-3-10-7-11(4-5-12(10)15)13-8-14-9-16-13/h4-5,7-9H,2-3,6H2,1H3. The number of hydrogen-bond acceptors (Lipinski definition) is 3. The van der Waals surface area contributed by atoms with Crippen LogP contribution < -0.4 is 4.90 Å². The summed E-state index contributed by atoms with van der Waals surface area (Å²) in [4.78, 5) is 7.74. The van der Waals surface area contributed by atoms with E-state index >= 15 is 0 Å². The summed E-state index contributed by atoms with van der Waals surface area (Å²) in [5.41, 5.74) is 6.05. The summed E-state index contributed by atoms with van der Waals surface area (Å²) in [5, 5.41) is 0. The first-order valence-corrected chi connectivity index (χ1v) is 6.45. The summed E-state index contributed by atoms with van der Waals surface area (Å²) in [6, 6.07) is 6.76. The van der Waals surface area contributed by atoms with E-state index in [9.17, 15) is 0 Å². The van der Waals surface area contributed by atoms with Gasteiger partial charge in [-0.1, -0.05) is 6.07 Å². The number of anilines is 1. The van der Waals surface area contributed by atoms with Crippen molar-refractivity contribution >= 4 is 17.0 Å². The molecule has 0 fully saturated rings. The summed E-state index contributed by atoms with van der Waals surface area (Å²) >= 11 is 1.70. The summed E-state index contributed by atoms with van der Waals surface area (Å²) in [6.45, 7) is 1.17. The topological polar surface area (TPSA) is 16.1 Å². The predicted molar refractivity (Wildman–Crippen MR) is 69.1 cm³/mol. The van der Waals surface area contributed by atoms with Crippen molar-refractivity contribution in [3.05, 3.63) is 35.5 Å². The molecule has 1 aromatic heterocycles. The van der Waals surface area contributed by atoms with Gasteiger partial charge in [0.25, 0.3) is 0 Å². The molecule has 0 aliphatic carbocycles. The second-order valence-corrected chi connectivity index (χ2v) is 5.12. The number of benzene rings is 1. The monoisotopic (exact) mass is 230 g/mol. The molecule has 0 unspecified atom stereocenters. The molecule has 3 rings (SSSR count). The second kappa shape index (κ2) is 3.91. The lowest BCUT2D eigenvalue weighted by Crippen LogP contribution is -2.24. The zero-order valence-corrected chi connectivity index (χ0v) is 10.1. The van der Waals surface area contributed by atoms with Crippen LogP contribution in [0.3, 0.4) is 0 Å². The quantitative estimate of drug-likeness (QED) is 0.748. The van der Waals surface area contributed by atoms with Gasteiger partial charge in [0.2, 0.25) is 0 Å². The second-order valence-electron chi connectivity index (χ2n) is 4.23. The third kappa shape index (κ3) is 1.61. The molecule has 2 nitrogen and oxygen atoms in total. The van der Waals surface area contributed by atoms with E-state index in [1.165, 1.54) is 41.1 Å². The van der Waals surface area contributed by atoms with E-state index in [1.807, 2.05) is 11.7 Å². The molecule has 1 aliphatic rings. The molecule has 3 heteroatoms. The first-order chi connectivity index (χ1) is 7.84. The van der Waals surface area contributed by atoms with Crippen molar-refractivity contribution in [2.45, 2.75) is 12.8 Å². The minimum absolute atomic E-state index is 1.17. The van der Waals surface area contributed by atoms with Gasteiger partial charge in [0, 0.05) is 25.5 Å². The van der Waals surface area contributed by atoms with Crippen molar-refractivity contribution in [1.82, 2.24) is 4.98 Å². The number of thiazole rings is 1. The molecule has 0 spiro atoms. The molecule has 0 bridgehead atoms. The number of nitrogens with zero attached hydrogens (tertiary/aromatic N) is 2. The van der Waals surface area contributed by atoms with Gasteiger partial charge in [0.15, 0.2) is 0 Å². The summed E-state index contributed by atoms with van der Waals surface area (Å²) in [6.07, 6.45) is 4.40. The lowest BCUT2D eigenvalue weighted by atomic mass is 9.99. The van der Waals surface area contributed by atoms with Crippen LogP contribution in [0.4, 0.5) is 5.69 Å². The van der Waals surface area contributed by atoms with Crippen molar-refractivity contribution < 1.29 is 0 Å². The fourth-order valence-corrected chi connectivity index (χ4v) is 2.92. The molecule has 2 aromatic rings. The van der Waals surface area contributed by atoms with Gasteiger partial charge in [-0.3, -0.25) is 4.98 Å². The average molecular weight is 230 g/mol. The molecule has 16 heavy (non-hydrogen) atoms. The molecule has 1 aliphatic heterocycles. The lowest BCUT2D eigenvalue weighted by Gasteiger charge is -2.27. The number of aromatic nitrogens is 1. The Kier molecular flexibility index (Phi) is 2.40. The van der Waals surface area contributed by atoms with Crippen LogP contribution in [0.1, 0.15) is 12.0 Å². The number of aryl methyl sites for hydroxylation is 1. The van der Waals surface area contributed by atoms with E-state index in [1.54, 1.807) is 11.3 Å². The minimum Gasteiger partial charge on any atom is -0.374 e. The van der Waals surface area contributed by atoms with Crippen LogP contribution in [0.25, 0.3) is 10.4 Å². The molecule has 2 heterocycles. The zero-order valence-electron chi connectivity index (χ0n) is 9.31. The van der Waals surface area contributed by atoms with Crippen molar-refractivity contribution in [3.63, 3.8) is 0 Å². The van der Waals surface area contributed by atoms with E-state index < -0.39 is 0 Å². The van der Waals surface area contributed by atoms with Gasteiger partial charge in [-0.15, -0.1) is 11.3 Å². The van der Waals surface area contributed by atoms with Gasteiger partial charge in [-0.05, 0) is 36.1 Å². The van der Waals surface area contributed by atoms with Gasteiger partial charge < -0.3 is 4.90 Å². The maximum absolute atomic E-state index is 4.13. The van der Waals surface area contributed by atoms with E-state index in [0.29, 0.717) is 0 Å². The molecule has 0 amide bonds. The molecular weight excluding hydrogens is 216 g/mol. The molecule has 82 valence electrons. The molecular formula is C13H14N2S. The van der Waals surface area contributed by atoms with Gasteiger partial charge in [0.1, 0.15) is 0 Å². The number of fused-ring (bicyclic) bond motifs is 1. The molecule has 0 atom stereocenters. The largest absolute Gasteiger partial charge is 0.374 e. The highest BCUT2D eigenvalue weighted by molar-refractivity contribution is 7.13. The summed E-state index contributed by atoms with van der Waals surface area (Å²) in [7, 11) is 2.17. The van der Waals surface area contributed by atoms with E-state index in [0.717, 1.165) is 0 Å². The first kappa shape index (κ1) is 9.85. The Hall–Kier alpha value is -1.35. The minimum atomic E-state index is 1.17. The Morgan fingerprint density at radius 1 is 1.38 bits per heavy atom. The van der Waals surface area contributed by atoms with Crippen LogP contribution >= 0.6 is 11.3 Å². The zero-order chi connectivity index (χ0) is 11.0. The first-order valence-electron chi connectivity index (χ1n) is 5.57. The molecule has 0 saturated heterocycles. The van der Waals surface area contributed by atoms with Crippen LogP contribution in [-0.4, -0.2) is 18.6 Å². The third-order valence-corrected chi connectivity index (χ3v) is 3.97. The SMILES string of the molecule is CN1CCCc2cc(-c3cncs3)ccc21. The molecule has 1 aromatic carbocycles. The summed E-state index contributed by atoms with van der Waals surface area (Å²) < 4.78 is 0. The maximum atomic E-state index is 4.13. The van der Waals surface area contributed by atoms with Crippen LogP contribution in [0.15, 0.2) is 29.9 Å². The van der Waals surface area contributed by atoms with Gasteiger partial charge in [0.05, 0.1) is 10.4 Å². The fraction of sp³-hybridized carbons (Fsp3) is 0.308. The van der Waals surface area contributed by atoms with E-state index in [-0.39, 0.29) is 0 Å². The predicted octanol–water partition coefficient (Wildman–Crippen LogP) is 3.19. The summed E-state index contributed by atoms with van der Waals surface area (Å²) in [5.74, 6) is 0. The molecule has 0 N–H and O–H groups in total. The smallest absolute Gasteiger partial charge is 0.0797 e.